The molecule has 0 bridgehead atoms. The Hall–Kier alpha value is -2.11. The fourth-order valence-corrected chi connectivity index (χ4v) is 1.30. The van der Waals surface area contributed by atoms with Gasteiger partial charge in [-0.2, -0.15) is 5.10 Å². The number of hydrogen-bond donors (Lipinski definition) is 2. The largest absolute Gasteiger partial charge is 0.355 e. The number of H-pyrrole nitrogens is 1. The number of aryl methyl sites for hydroxylation is 1. The van der Waals surface area contributed by atoms with Gasteiger partial charge in [0.1, 0.15) is 11.5 Å². The number of anilines is 1. The quantitative estimate of drug-likeness (QED) is 0.828. The molecule has 0 spiro atoms. The van der Waals surface area contributed by atoms with Crippen LogP contribution in [0.15, 0.2) is 24.7 Å². The molecule has 0 saturated heterocycles. The molecule has 0 aliphatic rings. The number of aromatic amines is 1. The molecular weight excluding hydrogens is 211 g/mol. The molecule has 2 heterocycles. The second-order valence-electron chi connectivity index (χ2n) is 3.27. The van der Waals surface area contributed by atoms with Crippen LogP contribution in [0.5, 0.6) is 0 Å². The smallest absolute Gasteiger partial charge is 0.272 e. The van der Waals surface area contributed by atoms with Crippen LogP contribution in [0, 0.1) is 5.82 Å². The fraction of sp³-hybridized carbons (Fsp3) is 0.200. The predicted octanol–water partition coefficient (Wildman–Crippen LogP) is 1.62. The molecule has 5 nitrogen and oxygen atoms in total. The summed E-state index contributed by atoms with van der Waals surface area (Å²) in [6.45, 7) is 2.67. The zero-order valence-corrected chi connectivity index (χ0v) is 8.70. The van der Waals surface area contributed by atoms with Crippen molar-refractivity contribution < 1.29 is 9.18 Å². The molecule has 16 heavy (non-hydrogen) atoms. The van der Waals surface area contributed by atoms with E-state index in [1.54, 1.807) is 17.1 Å². The lowest BCUT2D eigenvalue weighted by atomic mass is 10.4. The van der Waals surface area contributed by atoms with Gasteiger partial charge in [-0.3, -0.25) is 9.48 Å². The molecule has 1 amide bonds. The van der Waals surface area contributed by atoms with E-state index in [0.717, 1.165) is 18.8 Å². The minimum Gasteiger partial charge on any atom is -0.355 e. The van der Waals surface area contributed by atoms with Crippen molar-refractivity contribution in [2.24, 2.45) is 0 Å². The summed E-state index contributed by atoms with van der Waals surface area (Å²) in [5.41, 5.74) is 0.767. The number of halogens is 1. The summed E-state index contributed by atoms with van der Waals surface area (Å²) in [6.07, 6.45) is 4.38. The summed E-state index contributed by atoms with van der Waals surface area (Å²) in [4.78, 5) is 14.1. The maximum atomic E-state index is 12.7. The van der Waals surface area contributed by atoms with Crippen LogP contribution in [0.25, 0.3) is 0 Å². The van der Waals surface area contributed by atoms with Gasteiger partial charge in [-0.25, -0.2) is 4.39 Å². The Morgan fingerprint density at radius 3 is 3.06 bits per heavy atom. The molecule has 0 fully saturated rings. The number of nitrogens with one attached hydrogen (secondary N) is 2. The summed E-state index contributed by atoms with van der Waals surface area (Å²) in [5, 5.41) is 6.61. The third kappa shape index (κ3) is 2.10. The zero-order valence-electron chi connectivity index (χ0n) is 8.70. The number of amides is 1. The molecule has 2 N–H and O–H groups in total. The molecule has 0 aromatic carbocycles. The minimum atomic E-state index is -0.464. The maximum absolute atomic E-state index is 12.7. The van der Waals surface area contributed by atoms with Crippen LogP contribution in [0.1, 0.15) is 17.4 Å². The van der Waals surface area contributed by atoms with E-state index in [4.69, 9.17) is 0 Å². The lowest BCUT2D eigenvalue weighted by Gasteiger charge is -1.98. The monoisotopic (exact) mass is 222 g/mol. The predicted molar refractivity (Wildman–Crippen MR) is 56.6 cm³/mol. The van der Waals surface area contributed by atoms with Crippen molar-refractivity contribution in [3.8, 4) is 0 Å². The Labute approximate surface area is 91.3 Å². The van der Waals surface area contributed by atoms with Crippen LogP contribution >= 0.6 is 0 Å². The standard InChI is InChI=1S/C10H11FN4O/c1-2-15-6-8(5-13-15)14-10(16)9-3-7(11)4-12-9/h3-6,12H,2H2,1H3,(H,14,16). The van der Waals surface area contributed by atoms with Gasteiger partial charge in [0.05, 0.1) is 11.9 Å². The van der Waals surface area contributed by atoms with E-state index in [2.05, 4.69) is 15.4 Å². The van der Waals surface area contributed by atoms with E-state index in [1.165, 1.54) is 0 Å². The molecule has 84 valence electrons. The van der Waals surface area contributed by atoms with Crippen LogP contribution in [0.3, 0.4) is 0 Å². The van der Waals surface area contributed by atoms with E-state index in [9.17, 15) is 9.18 Å². The Kier molecular flexibility index (Phi) is 2.72. The van der Waals surface area contributed by atoms with Crippen LogP contribution < -0.4 is 5.32 Å². The number of hydrogen-bond acceptors (Lipinski definition) is 2. The molecule has 0 saturated carbocycles. The molecule has 0 radical (unpaired) electrons. The van der Waals surface area contributed by atoms with E-state index in [-0.39, 0.29) is 11.6 Å². The van der Waals surface area contributed by atoms with Gasteiger partial charge in [-0.15, -0.1) is 0 Å². The van der Waals surface area contributed by atoms with E-state index < -0.39 is 5.82 Å². The van der Waals surface area contributed by atoms with Crippen molar-refractivity contribution in [1.82, 2.24) is 14.8 Å². The van der Waals surface area contributed by atoms with Gasteiger partial charge >= 0.3 is 0 Å². The normalized spacial score (nSPS) is 10.4. The van der Waals surface area contributed by atoms with Crippen molar-refractivity contribution in [3.05, 3.63) is 36.2 Å². The van der Waals surface area contributed by atoms with Crippen molar-refractivity contribution in [2.45, 2.75) is 13.5 Å². The van der Waals surface area contributed by atoms with Gasteiger partial charge in [0.15, 0.2) is 0 Å². The molecule has 0 aliphatic carbocycles. The first-order valence-electron chi connectivity index (χ1n) is 4.86. The van der Waals surface area contributed by atoms with E-state index in [0.29, 0.717) is 5.69 Å². The summed E-state index contributed by atoms with van der Waals surface area (Å²) >= 11 is 0. The van der Waals surface area contributed by atoms with Crippen LogP contribution in [-0.2, 0) is 6.54 Å². The minimum absolute atomic E-state index is 0.182. The van der Waals surface area contributed by atoms with Gasteiger partial charge in [-0.05, 0) is 6.92 Å². The highest BCUT2D eigenvalue weighted by atomic mass is 19.1. The van der Waals surface area contributed by atoms with Gasteiger partial charge in [-0.1, -0.05) is 0 Å². The fourth-order valence-electron chi connectivity index (χ4n) is 1.30. The Morgan fingerprint density at radius 1 is 1.69 bits per heavy atom. The average Bonchev–Trinajstić information content (AvgIpc) is 2.87. The maximum Gasteiger partial charge on any atom is 0.272 e. The topological polar surface area (TPSA) is 62.7 Å². The Bertz CT molecular complexity index is 502. The van der Waals surface area contributed by atoms with Crippen LogP contribution in [-0.4, -0.2) is 20.7 Å². The van der Waals surface area contributed by atoms with Crippen molar-refractivity contribution in [2.75, 3.05) is 5.32 Å². The first-order valence-corrected chi connectivity index (χ1v) is 4.86. The molecule has 6 heteroatoms. The lowest BCUT2D eigenvalue weighted by molar-refractivity contribution is 0.102. The van der Waals surface area contributed by atoms with E-state index in [1.807, 2.05) is 6.92 Å². The van der Waals surface area contributed by atoms with Crippen molar-refractivity contribution in [1.29, 1.82) is 0 Å². The average molecular weight is 222 g/mol. The van der Waals surface area contributed by atoms with Gasteiger partial charge in [0.25, 0.3) is 5.91 Å². The number of aromatic nitrogens is 3. The van der Waals surface area contributed by atoms with E-state index >= 15 is 0 Å². The van der Waals surface area contributed by atoms with Gasteiger partial charge in [0.2, 0.25) is 0 Å². The molecule has 2 aromatic heterocycles. The third-order valence-corrected chi connectivity index (χ3v) is 2.11. The highest BCUT2D eigenvalue weighted by Gasteiger charge is 2.09. The summed E-state index contributed by atoms with van der Waals surface area (Å²) < 4.78 is 14.3. The second kappa shape index (κ2) is 4.18. The number of carbonyl (C=O) groups is 1. The molecule has 2 aromatic rings. The first kappa shape index (κ1) is 10.4. The molecule has 2 rings (SSSR count). The van der Waals surface area contributed by atoms with Gasteiger partial charge < -0.3 is 10.3 Å². The summed E-state index contributed by atoms with van der Waals surface area (Å²) in [6, 6.07) is 1.14. The molecule has 0 atom stereocenters. The van der Waals surface area contributed by atoms with Crippen LogP contribution in [0.2, 0.25) is 0 Å². The molecule has 0 aliphatic heterocycles. The zero-order chi connectivity index (χ0) is 11.5. The lowest BCUT2D eigenvalue weighted by Crippen LogP contribution is -2.11. The highest BCUT2D eigenvalue weighted by Crippen LogP contribution is 2.08. The highest BCUT2D eigenvalue weighted by molar-refractivity contribution is 6.02. The Balaban J connectivity index is 2.07. The summed E-state index contributed by atoms with van der Waals surface area (Å²) in [5.74, 6) is -0.853. The number of carbonyl (C=O) groups excluding carboxylic acids is 1. The SMILES string of the molecule is CCn1cc(NC(=O)c2cc(F)c[nH]2)cn1. The number of rotatable bonds is 3. The van der Waals surface area contributed by atoms with Gasteiger partial charge in [0, 0.05) is 25.0 Å². The van der Waals surface area contributed by atoms with Crippen molar-refractivity contribution >= 4 is 11.6 Å². The summed E-state index contributed by atoms with van der Waals surface area (Å²) in [7, 11) is 0. The molecule has 0 unspecified atom stereocenters. The second-order valence-corrected chi connectivity index (χ2v) is 3.27. The molecular formula is C10H11FN4O. The van der Waals surface area contributed by atoms with Crippen molar-refractivity contribution in [3.63, 3.8) is 0 Å². The first-order chi connectivity index (χ1) is 7.69. The van der Waals surface area contributed by atoms with Crippen LogP contribution in [0.4, 0.5) is 10.1 Å². The number of nitrogens with zero attached hydrogens (tertiary/aromatic N) is 2. The Morgan fingerprint density at radius 2 is 2.50 bits per heavy atom. The third-order valence-electron chi connectivity index (χ3n) is 2.11.